The van der Waals surface area contributed by atoms with E-state index in [0.29, 0.717) is 0 Å². The van der Waals surface area contributed by atoms with E-state index in [1.54, 1.807) is 0 Å². The van der Waals surface area contributed by atoms with E-state index in [1.165, 1.54) is 0 Å². The molecule has 0 radical (unpaired) electrons. The van der Waals surface area contributed by atoms with Crippen molar-refractivity contribution < 1.29 is 29.4 Å². The van der Waals surface area contributed by atoms with Crippen molar-refractivity contribution in [1.29, 1.82) is 0 Å². The zero-order chi connectivity index (χ0) is 21.5. The van der Waals surface area contributed by atoms with E-state index in [2.05, 4.69) is 4.99 Å². The summed E-state index contributed by atoms with van der Waals surface area (Å²) in [6, 6.07) is -3.51. The summed E-state index contributed by atoms with van der Waals surface area (Å²) >= 11 is 5.80. The lowest BCUT2D eigenvalue weighted by atomic mass is 10.0. The number of nitrogens with zero attached hydrogens (tertiary/aromatic N) is 1. The van der Waals surface area contributed by atoms with Crippen LogP contribution in [0.15, 0.2) is 46.7 Å². The van der Waals surface area contributed by atoms with E-state index in [4.69, 9.17) is 26.3 Å². The van der Waals surface area contributed by atoms with Gasteiger partial charge in [0.15, 0.2) is 0 Å². The molecule has 1 aromatic rings. The predicted molar refractivity (Wildman–Crippen MR) is 79.5 cm³/mol. The van der Waals surface area contributed by atoms with Gasteiger partial charge in [-0.25, -0.2) is 4.99 Å². The molecule has 1 aliphatic heterocycles. The number of hydrogen-bond acceptors (Lipinski definition) is 4. The van der Waals surface area contributed by atoms with Crippen molar-refractivity contribution in [3.63, 3.8) is 0 Å². The molecule has 0 spiro atoms. The Balaban J connectivity index is 2.67. The van der Waals surface area contributed by atoms with Crippen molar-refractivity contribution in [2.45, 2.75) is 12.8 Å². The minimum Gasteiger partial charge on any atom is -0.510 e. The number of dihydropyridines is 1. The Kier molecular flexibility index (Phi) is 2.47. The summed E-state index contributed by atoms with van der Waals surface area (Å²) in [7, 11) is 0. The molecule has 108 valence electrons. The molecule has 6 heteroatoms. The first-order valence-electron chi connectivity index (χ1n) is 9.12. The molecule has 0 saturated carbocycles. The molecule has 1 aliphatic rings. The standard InChI is InChI=1S/C15H12ClNO4/c16-11-3-1-2-9(6-11)10-7-13(19)15(17-8-10)12(18)4-5-14(20)21/h1-3,6-8,18H,4-5H2,(H,20,21)/i1D,2D,3D,5D,6D,7D,8D. The van der Waals surface area contributed by atoms with Gasteiger partial charge in [-0.2, -0.15) is 0 Å². The first-order chi connectivity index (χ1) is 12.9. The number of carbonyl (C=O) groups excluding carboxylic acids is 1. The van der Waals surface area contributed by atoms with Crippen molar-refractivity contribution >= 4 is 35.1 Å². The van der Waals surface area contributed by atoms with Crippen LogP contribution in [0, 0.1) is 0 Å². The second-order valence-corrected chi connectivity index (χ2v) is 4.16. The van der Waals surface area contributed by atoms with E-state index < -0.39 is 88.6 Å². The third kappa shape index (κ3) is 3.79. The summed E-state index contributed by atoms with van der Waals surface area (Å²) in [4.78, 5) is 26.7. The fraction of sp³-hybridized carbons (Fsp3) is 0.133. The molecule has 0 amide bonds. The molecule has 5 nitrogen and oxygen atoms in total. The van der Waals surface area contributed by atoms with Crippen molar-refractivity contribution in [2.75, 3.05) is 0 Å². The highest BCUT2D eigenvalue weighted by molar-refractivity contribution is 6.31. The summed E-state index contributed by atoms with van der Waals surface area (Å²) in [5.74, 6) is -3.66. The fourth-order valence-electron chi connectivity index (χ4n) is 1.40. The van der Waals surface area contributed by atoms with Gasteiger partial charge in [0.1, 0.15) is 11.5 Å². The van der Waals surface area contributed by atoms with Crippen LogP contribution in [0.4, 0.5) is 0 Å². The first-order valence-corrected chi connectivity index (χ1v) is 5.92. The monoisotopic (exact) mass is 312 g/mol. The lowest BCUT2D eigenvalue weighted by Gasteiger charge is -2.10. The first kappa shape index (κ1) is 8.14. The summed E-state index contributed by atoms with van der Waals surface area (Å²) in [6.07, 6.45) is -3.37. The number of allylic oxidation sites excluding steroid dienone is 3. The van der Waals surface area contributed by atoms with Gasteiger partial charge in [-0.3, -0.25) is 9.59 Å². The van der Waals surface area contributed by atoms with Crippen molar-refractivity contribution in [1.82, 2.24) is 0 Å². The second-order valence-electron chi connectivity index (χ2n) is 3.78. The normalized spacial score (nSPS) is 23.8. The van der Waals surface area contributed by atoms with Crippen LogP contribution in [-0.4, -0.2) is 28.2 Å². The molecule has 1 heterocycles. The Labute approximate surface area is 135 Å². The number of hydrogen-bond donors (Lipinski definition) is 2. The van der Waals surface area contributed by atoms with E-state index in [9.17, 15) is 14.7 Å². The third-order valence-electron chi connectivity index (χ3n) is 2.32. The lowest BCUT2D eigenvalue weighted by Crippen LogP contribution is -2.08. The summed E-state index contributed by atoms with van der Waals surface area (Å²) in [5.41, 5.74) is -1.86. The van der Waals surface area contributed by atoms with Gasteiger partial charge in [0.2, 0.25) is 5.78 Å². The van der Waals surface area contributed by atoms with Gasteiger partial charge in [0.05, 0.1) is 14.6 Å². The average molecular weight is 313 g/mol. The Morgan fingerprint density at radius 3 is 2.90 bits per heavy atom. The summed E-state index contributed by atoms with van der Waals surface area (Å²) in [5, 5.41) is 18.1. The zero-order valence-electron chi connectivity index (χ0n) is 17.3. The van der Waals surface area contributed by atoms with E-state index in [-0.39, 0.29) is 0 Å². The molecule has 1 aromatic carbocycles. The topological polar surface area (TPSA) is 87.0 Å². The molecule has 0 saturated heterocycles. The van der Waals surface area contributed by atoms with Crippen LogP contribution in [0.3, 0.4) is 0 Å². The number of aliphatic imine (C=N–C) groups is 1. The van der Waals surface area contributed by atoms with Crippen LogP contribution >= 0.6 is 11.6 Å². The molecule has 0 fully saturated rings. The number of halogens is 1. The number of aliphatic hydroxyl groups is 1. The lowest BCUT2D eigenvalue weighted by molar-refractivity contribution is -0.137. The highest BCUT2D eigenvalue weighted by Crippen LogP contribution is 2.23. The molecule has 2 N–H and O–H groups in total. The van der Waals surface area contributed by atoms with Gasteiger partial charge in [0, 0.05) is 24.6 Å². The maximum absolute atomic E-state index is 12.4. The molecule has 1 unspecified atom stereocenters. The Bertz CT molecular complexity index is 974. The largest absolute Gasteiger partial charge is 0.510 e. The average Bonchev–Trinajstić information content (AvgIpc) is 2.63. The van der Waals surface area contributed by atoms with Crippen molar-refractivity contribution in [3.05, 3.63) is 52.3 Å². The van der Waals surface area contributed by atoms with Crippen LogP contribution in [0.25, 0.3) is 5.57 Å². The fourth-order valence-corrected chi connectivity index (χ4v) is 1.55. The number of carboxylic acid groups (broad SMARTS) is 1. The predicted octanol–water partition coefficient (Wildman–Crippen LogP) is 3.01. The van der Waals surface area contributed by atoms with Gasteiger partial charge in [-0.05, 0) is 23.7 Å². The number of aliphatic hydroxyl groups excluding tert-OH is 1. The number of ketones is 1. The second kappa shape index (κ2) is 6.37. The minimum absolute atomic E-state index is 0.499. The van der Waals surface area contributed by atoms with Gasteiger partial charge in [-0.1, -0.05) is 23.7 Å². The van der Waals surface area contributed by atoms with E-state index in [0.717, 1.165) is 0 Å². The summed E-state index contributed by atoms with van der Waals surface area (Å²) in [6.45, 7) is 0. The molecular weight excluding hydrogens is 294 g/mol. The van der Waals surface area contributed by atoms with Crippen LogP contribution in [-0.2, 0) is 9.59 Å². The van der Waals surface area contributed by atoms with Gasteiger partial charge >= 0.3 is 5.97 Å². The van der Waals surface area contributed by atoms with Crippen molar-refractivity contribution in [3.8, 4) is 0 Å². The molecule has 0 bridgehead atoms. The minimum atomic E-state index is -1.79. The van der Waals surface area contributed by atoms with E-state index in [1.807, 2.05) is 0 Å². The zero-order valence-corrected chi connectivity index (χ0v) is 11.1. The highest BCUT2D eigenvalue weighted by atomic mass is 35.5. The van der Waals surface area contributed by atoms with Crippen molar-refractivity contribution in [2.24, 2.45) is 4.99 Å². The number of carboxylic acids is 1. The number of aliphatic carboxylic acids is 1. The number of carbonyl (C=O) groups is 2. The van der Waals surface area contributed by atoms with E-state index >= 15 is 0 Å². The molecule has 0 aliphatic carbocycles. The Morgan fingerprint density at radius 2 is 2.19 bits per heavy atom. The van der Waals surface area contributed by atoms with Crippen LogP contribution in [0.5, 0.6) is 0 Å². The molecule has 2 rings (SSSR count). The third-order valence-corrected chi connectivity index (χ3v) is 2.51. The molecule has 21 heavy (non-hydrogen) atoms. The van der Waals surface area contributed by atoms with Gasteiger partial charge in [0.25, 0.3) is 0 Å². The Morgan fingerprint density at radius 1 is 1.43 bits per heavy atom. The van der Waals surface area contributed by atoms with Crippen LogP contribution in [0.2, 0.25) is 5.02 Å². The van der Waals surface area contributed by atoms with Crippen LogP contribution < -0.4 is 0 Å². The number of rotatable bonds is 4. The molecule has 0 aromatic heterocycles. The molecular formula is C15H12ClNO4. The maximum atomic E-state index is 12.4. The SMILES string of the molecule is [2H]C1=NC(=C(O)CC([2H])C(=O)O)C(=O)C([2H])=C1c1c([2H])c([2H])c([2H])c(Cl)c1[2H]. The van der Waals surface area contributed by atoms with Crippen LogP contribution in [0.1, 0.15) is 28.0 Å². The number of benzene rings is 1. The van der Waals surface area contributed by atoms with Gasteiger partial charge < -0.3 is 10.2 Å². The smallest absolute Gasteiger partial charge is 0.303 e. The molecule has 1 atom stereocenters. The Hall–Kier alpha value is -2.40. The maximum Gasteiger partial charge on any atom is 0.303 e. The quantitative estimate of drug-likeness (QED) is 0.661. The highest BCUT2D eigenvalue weighted by Gasteiger charge is 2.18. The summed E-state index contributed by atoms with van der Waals surface area (Å²) < 4.78 is 54.4. The van der Waals surface area contributed by atoms with Gasteiger partial charge in [-0.15, -0.1) is 0 Å².